The van der Waals surface area contributed by atoms with Gasteiger partial charge in [-0.15, -0.1) is 0 Å². The van der Waals surface area contributed by atoms with Crippen LogP contribution in [0.15, 0.2) is 79.1 Å². The van der Waals surface area contributed by atoms with E-state index in [4.69, 9.17) is 4.74 Å². The van der Waals surface area contributed by atoms with Gasteiger partial charge in [0.05, 0.1) is 11.7 Å². The molecule has 0 spiro atoms. The molecule has 0 radical (unpaired) electrons. The number of hydrogen-bond acceptors (Lipinski definition) is 4. The molecule has 1 atom stereocenters. The Kier molecular flexibility index (Phi) is 4.29. The van der Waals surface area contributed by atoms with Crippen LogP contribution >= 0.6 is 0 Å². The van der Waals surface area contributed by atoms with Crippen molar-refractivity contribution in [3.63, 3.8) is 0 Å². The summed E-state index contributed by atoms with van der Waals surface area (Å²) in [6.45, 7) is 0.487. The van der Waals surface area contributed by atoms with Gasteiger partial charge in [0.2, 0.25) is 0 Å². The van der Waals surface area contributed by atoms with Gasteiger partial charge >= 0.3 is 0 Å². The Labute approximate surface area is 167 Å². The zero-order valence-corrected chi connectivity index (χ0v) is 15.5. The van der Waals surface area contributed by atoms with E-state index in [1.54, 1.807) is 12.4 Å². The SMILES string of the molecule is O=C1NC(c2cccnc2)c2c(-c3cccc(OCc4ccccc4)c3)n[nH]c21. The first-order valence-corrected chi connectivity index (χ1v) is 9.36. The van der Waals surface area contributed by atoms with Crippen molar-refractivity contribution < 1.29 is 9.53 Å². The monoisotopic (exact) mass is 382 g/mol. The van der Waals surface area contributed by atoms with Crippen molar-refractivity contribution in [2.24, 2.45) is 0 Å². The molecule has 1 unspecified atom stereocenters. The predicted octanol–water partition coefficient (Wildman–Crippen LogP) is 3.88. The molecule has 6 nitrogen and oxygen atoms in total. The number of nitrogens with zero attached hydrogens (tertiary/aromatic N) is 2. The number of hydrogen-bond donors (Lipinski definition) is 2. The van der Waals surface area contributed by atoms with Gasteiger partial charge in [-0.05, 0) is 29.3 Å². The number of benzene rings is 2. The van der Waals surface area contributed by atoms with E-state index in [0.29, 0.717) is 12.3 Å². The number of fused-ring (bicyclic) bond motifs is 1. The Bertz CT molecular complexity index is 1160. The van der Waals surface area contributed by atoms with Gasteiger partial charge in [0.1, 0.15) is 18.1 Å². The molecule has 3 heterocycles. The molecule has 4 aromatic rings. The van der Waals surface area contributed by atoms with E-state index in [1.807, 2.05) is 66.7 Å². The van der Waals surface area contributed by atoms with Gasteiger partial charge in [-0.3, -0.25) is 14.9 Å². The van der Waals surface area contributed by atoms with Gasteiger partial charge in [-0.1, -0.05) is 48.5 Å². The highest BCUT2D eigenvalue weighted by molar-refractivity contribution is 6.00. The summed E-state index contributed by atoms with van der Waals surface area (Å²) < 4.78 is 5.95. The second-order valence-electron chi connectivity index (χ2n) is 6.86. The third kappa shape index (κ3) is 3.25. The summed E-state index contributed by atoms with van der Waals surface area (Å²) in [7, 11) is 0. The molecular formula is C23H18N4O2. The molecule has 2 aromatic heterocycles. The lowest BCUT2D eigenvalue weighted by Crippen LogP contribution is -2.21. The summed E-state index contributed by atoms with van der Waals surface area (Å²) >= 11 is 0. The standard InChI is InChI=1S/C23H18N4O2/c28-23-22-19(20(25-23)17-9-5-11-24-13-17)21(26-27-22)16-8-4-10-18(12-16)29-14-15-6-2-1-3-7-15/h1-13,20H,14H2,(H,25,28)(H,26,27). The summed E-state index contributed by atoms with van der Waals surface area (Å²) in [5, 5.41) is 10.3. The molecule has 142 valence electrons. The Morgan fingerprint density at radius 3 is 2.72 bits per heavy atom. The highest BCUT2D eigenvalue weighted by atomic mass is 16.5. The molecule has 0 saturated carbocycles. The Hall–Kier alpha value is -3.93. The minimum Gasteiger partial charge on any atom is -0.489 e. The maximum absolute atomic E-state index is 12.4. The fourth-order valence-electron chi connectivity index (χ4n) is 3.57. The van der Waals surface area contributed by atoms with Crippen LogP contribution in [0.3, 0.4) is 0 Å². The Morgan fingerprint density at radius 1 is 1.00 bits per heavy atom. The number of amides is 1. The fourth-order valence-corrected chi connectivity index (χ4v) is 3.57. The molecule has 29 heavy (non-hydrogen) atoms. The van der Waals surface area contributed by atoms with Gasteiger partial charge in [0, 0.05) is 23.5 Å². The number of nitrogens with one attached hydrogen (secondary N) is 2. The first-order valence-electron chi connectivity index (χ1n) is 9.36. The molecule has 0 fully saturated rings. The summed E-state index contributed by atoms with van der Waals surface area (Å²) in [5.41, 5.74) is 4.97. The second-order valence-corrected chi connectivity index (χ2v) is 6.86. The van der Waals surface area contributed by atoms with Gasteiger partial charge in [0.25, 0.3) is 5.91 Å². The van der Waals surface area contributed by atoms with Crippen molar-refractivity contribution in [3.8, 4) is 17.0 Å². The quantitative estimate of drug-likeness (QED) is 0.549. The minimum absolute atomic E-state index is 0.163. The Morgan fingerprint density at radius 2 is 1.90 bits per heavy atom. The van der Waals surface area contributed by atoms with E-state index in [-0.39, 0.29) is 11.9 Å². The number of rotatable bonds is 5. The number of pyridine rings is 1. The number of aromatic amines is 1. The molecule has 1 amide bonds. The first-order chi connectivity index (χ1) is 14.3. The average Bonchev–Trinajstić information content (AvgIpc) is 3.35. The van der Waals surface area contributed by atoms with E-state index >= 15 is 0 Å². The lowest BCUT2D eigenvalue weighted by Gasteiger charge is -2.13. The van der Waals surface area contributed by atoms with Crippen LogP contribution in [0.1, 0.15) is 33.2 Å². The van der Waals surface area contributed by atoms with Crippen molar-refractivity contribution in [2.45, 2.75) is 12.6 Å². The van der Waals surface area contributed by atoms with Crippen LogP contribution in [-0.4, -0.2) is 21.1 Å². The van der Waals surface area contributed by atoms with Crippen LogP contribution in [0.4, 0.5) is 0 Å². The van der Waals surface area contributed by atoms with Gasteiger partial charge in [0.15, 0.2) is 0 Å². The molecular weight excluding hydrogens is 364 g/mol. The number of ether oxygens (including phenoxy) is 1. The Balaban J connectivity index is 1.47. The summed E-state index contributed by atoms with van der Waals surface area (Å²) in [4.78, 5) is 16.6. The molecule has 6 heteroatoms. The normalized spacial score (nSPS) is 15.0. The molecule has 2 aromatic carbocycles. The van der Waals surface area contributed by atoms with E-state index in [1.165, 1.54) is 0 Å². The highest BCUT2D eigenvalue weighted by Crippen LogP contribution is 2.37. The maximum atomic E-state index is 12.4. The van der Waals surface area contributed by atoms with Crippen LogP contribution < -0.4 is 10.1 Å². The smallest absolute Gasteiger partial charge is 0.270 e. The summed E-state index contributed by atoms with van der Waals surface area (Å²) in [6.07, 6.45) is 3.47. The largest absolute Gasteiger partial charge is 0.489 e. The van der Waals surface area contributed by atoms with E-state index in [2.05, 4.69) is 20.5 Å². The number of aromatic nitrogens is 3. The van der Waals surface area contributed by atoms with Crippen LogP contribution in [0, 0.1) is 0 Å². The van der Waals surface area contributed by atoms with Crippen molar-refractivity contribution in [2.75, 3.05) is 0 Å². The van der Waals surface area contributed by atoms with E-state index < -0.39 is 0 Å². The van der Waals surface area contributed by atoms with E-state index in [0.717, 1.165) is 33.7 Å². The molecule has 5 rings (SSSR count). The molecule has 0 aliphatic carbocycles. The molecule has 1 aliphatic heterocycles. The topological polar surface area (TPSA) is 79.9 Å². The van der Waals surface area contributed by atoms with Gasteiger partial charge in [-0.2, -0.15) is 5.10 Å². The average molecular weight is 382 g/mol. The van der Waals surface area contributed by atoms with Crippen molar-refractivity contribution in [1.82, 2.24) is 20.5 Å². The maximum Gasteiger partial charge on any atom is 0.270 e. The molecule has 0 bridgehead atoms. The van der Waals surface area contributed by atoms with E-state index in [9.17, 15) is 4.79 Å². The molecule has 1 aliphatic rings. The summed E-state index contributed by atoms with van der Waals surface area (Å²) in [5.74, 6) is 0.586. The fraction of sp³-hybridized carbons (Fsp3) is 0.0870. The third-order valence-electron chi connectivity index (χ3n) is 4.97. The predicted molar refractivity (Wildman–Crippen MR) is 108 cm³/mol. The van der Waals surface area contributed by atoms with Gasteiger partial charge in [-0.25, -0.2) is 0 Å². The van der Waals surface area contributed by atoms with Crippen LogP contribution in [0.2, 0.25) is 0 Å². The van der Waals surface area contributed by atoms with Crippen molar-refractivity contribution in [3.05, 3.63) is 102 Å². The minimum atomic E-state index is -0.283. The van der Waals surface area contributed by atoms with Crippen LogP contribution in [0.5, 0.6) is 5.75 Å². The number of H-pyrrole nitrogens is 1. The third-order valence-corrected chi connectivity index (χ3v) is 4.97. The van der Waals surface area contributed by atoms with Crippen molar-refractivity contribution in [1.29, 1.82) is 0 Å². The van der Waals surface area contributed by atoms with Crippen molar-refractivity contribution >= 4 is 5.91 Å². The van der Waals surface area contributed by atoms with Crippen LogP contribution in [-0.2, 0) is 6.61 Å². The van der Waals surface area contributed by atoms with Gasteiger partial charge < -0.3 is 10.1 Å². The lowest BCUT2D eigenvalue weighted by atomic mass is 9.98. The second kappa shape index (κ2) is 7.24. The zero-order chi connectivity index (χ0) is 19.6. The lowest BCUT2D eigenvalue weighted by molar-refractivity contribution is 0.0955. The highest BCUT2D eigenvalue weighted by Gasteiger charge is 2.35. The number of carbonyl (C=O) groups is 1. The van der Waals surface area contributed by atoms with Crippen LogP contribution in [0.25, 0.3) is 11.3 Å². The zero-order valence-electron chi connectivity index (χ0n) is 15.5. The molecule has 2 N–H and O–H groups in total. The molecule has 0 saturated heterocycles. The first kappa shape index (κ1) is 17.2. The number of carbonyl (C=O) groups excluding carboxylic acids is 1. The summed E-state index contributed by atoms with van der Waals surface area (Å²) in [6, 6.07) is 21.3.